The first-order chi connectivity index (χ1) is 12.2. The number of hydrogen-bond acceptors (Lipinski definition) is 5. The first kappa shape index (κ1) is 16.9. The lowest BCUT2D eigenvalue weighted by Gasteiger charge is -2.36. The number of nitrogens with two attached hydrogens (primary N) is 1. The van der Waals surface area contributed by atoms with Crippen LogP contribution in [0.25, 0.3) is 11.0 Å². The van der Waals surface area contributed by atoms with Crippen molar-refractivity contribution in [3.63, 3.8) is 0 Å². The Morgan fingerprint density at radius 3 is 2.64 bits per heavy atom. The molecule has 0 spiro atoms. The average Bonchev–Trinajstić information content (AvgIpc) is 3.05. The van der Waals surface area contributed by atoms with Gasteiger partial charge in [-0.05, 0) is 63.6 Å². The van der Waals surface area contributed by atoms with Gasteiger partial charge in [-0.2, -0.15) is 0 Å². The van der Waals surface area contributed by atoms with Gasteiger partial charge in [-0.1, -0.05) is 16.8 Å². The maximum Gasteiger partial charge on any atom is 0.180 e. The van der Waals surface area contributed by atoms with E-state index in [9.17, 15) is 0 Å². The first-order valence-electron chi connectivity index (χ1n) is 9.78. The molecule has 2 aromatic rings. The summed E-state index contributed by atoms with van der Waals surface area (Å²) in [6.07, 6.45) is 6.42. The molecule has 1 aromatic heterocycles. The predicted molar refractivity (Wildman–Crippen MR) is 102 cm³/mol. The number of anilines is 1. The first-order valence-corrected chi connectivity index (χ1v) is 9.78. The fourth-order valence-corrected chi connectivity index (χ4v) is 4.29. The summed E-state index contributed by atoms with van der Waals surface area (Å²) in [6.45, 7) is 7.65. The topological polar surface area (TPSA) is 58.5 Å². The maximum atomic E-state index is 6.02. The van der Waals surface area contributed by atoms with Crippen molar-refractivity contribution in [3.05, 3.63) is 23.8 Å². The molecule has 0 atom stereocenters. The number of rotatable bonds is 4. The number of benzene rings is 1. The van der Waals surface area contributed by atoms with Gasteiger partial charge in [0.25, 0.3) is 0 Å². The molecule has 2 aliphatic rings. The SMILES string of the molecule is Cc1ccc2onc(N3CCN(CC[C@H]4CC[C@H](N)CC4)CC3)c2c1. The summed E-state index contributed by atoms with van der Waals surface area (Å²) in [7, 11) is 0. The molecule has 2 fully saturated rings. The van der Waals surface area contributed by atoms with Crippen LogP contribution >= 0.6 is 0 Å². The third kappa shape index (κ3) is 3.82. The van der Waals surface area contributed by atoms with E-state index in [4.69, 9.17) is 10.3 Å². The van der Waals surface area contributed by atoms with Crippen molar-refractivity contribution in [2.24, 2.45) is 11.7 Å². The van der Waals surface area contributed by atoms with Gasteiger partial charge in [0, 0.05) is 32.2 Å². The molecule has 1 saturated carbocycles. The Morgan fingerprint density at radius 2 is 1.88 bits per heavy atom. The second-order valence-electron chi connectivity index (χ2n) is 7.90. The van der Waals surface area contributed by atoms with Crippen LogP contribution in [-0.2, 0) is 0 Å². The van der Waals surface area contributed by atoms with Crippen LogP contribution in [0.5, 0.6) is 0 Å². The largest absolute Gasteiger partial charge is 0.354 e. The summed E-state index contributed by atoms with van der Waals surface area (Å²) in [5.41, 5.74) is 8.16. The minimum absolute atomic E-state index is 0.459. The van der Waals surface area contributed by atoms with Crippen LogP contribution in [0.4, 0.5) is 5.82 Å². The van der Waals surface area contributed by atoms with Crippen molar-refractivity contribution < 1.29 is 4.52 Å². The predicted octanol–water partition coefficient (Wildman–Crippen LogP) is 3.17. The summed E-state index contributed by atoms with van der Waals surface area (Å²) in [5.74, 6) is 1.90. The number of hydrogen-bond donors (Lipinski definition) is 1. The van der Waals surface area contributed by atoms with Crippen LogP contribution in [0.2, 0.25) is 0 Å². The highest BCUT2D eigenvalue weighted by atomic mass is 16.5. The zero-order chi connectivity index (χ0) is 17.2. The highest BCUT2D eigenvalue weighted by Crippen LogP contribution is 2.29. The highest BCUT2D eigenvalue weighted by Gasteiger charge is 2.23. The van der Waals surface area contributed by atoms with Gasteiger partial charge in [0.05, 0.1) is 5.39 Å². The summed E-state index contributed by atoms with van der Waals surface area (Å²) in [6, 6.07) is 6.74. The molecule has 2 N–H and O–H groups in total. The van der Waals surface area contributed by atoms with Crippen LogP contribution in [0, 0.1) is 12.8 Å². The van der Waals surface area contributed by atoms with E-state index in [-0.39, 0.29) is 0 Å². The Morgan fingerprint density at radius 1 is 1.12 bits per heavy atom. The van der Waals surface area contributed by atoms with Crippen LogP contribution in [0.1, 0.15) is 37.7 Å². The van der Waals surface area contributed by atoms with Crippen LogP contribution in [0.15, 0.2) is 22.7 Å². The fraction of sp³-hybridized carbons (Fsp3) is 0.650. The summed E-state index contributed by atoms with van der Waals surface area (Å²) in [4.78, 5) is 4.99. The van der Waals surface area contributed by atoms with Gasteiger partial charge in [0.15, 0.2) is 11.4 Å². The number of nitrogens with zero attached hydrogens (tertiary/aromatic N) is 3. The third-order valence-electron chi connectivity index (χ3n) is 6.02. The van der Waals surface area contributed by atoms with Gasteiger partial charge in [0.1, 0.15) is 0 Å². The van der Waals surface area contributed by atoms with Crippen LogP contribution < -0.4 is 10.6 Å². The quantitative estimate of drug-likeness (QED) is 0.925. The Balaban J connectivity index is 1.30. The van der Waals surface area contributed by atoms with Crippen molar-refractivity contribution in [2.45, 2.75) is 45.1 Å². The molecule has 0 unspecified atom stereocenters. The molecule has 4 rings (SSSR count). The zero-order valence-electron chi connectivity index (χ0n) is 15.3. The van der Waals surface area contributed by atoms with E-state index in [1.54, 1.807) is 0 Å². The Kier molecular flexibility index (Phi) is 4.95. The lowest BCUT2D eigenvalue weighted by atomic mass is 9.84. The molecular formula is C20H30N4O. The third-order valence-corrected chi connectivity index (χ3v) is 6.02. The second kappa shape index (κ2) is 7.34. The number of piperazine rings is 1. The van der Waals surface area contributed by atoms with Gasteiger partial charge < -0.3 is 15.2 Å². The summed E-state index contributed by atoms with van der Waals surface area (Å²) >= 11 is 0. The zero-order valence-corrected chi connectivity index (χ0v) is 15.3. The maximum absolute atomic E-state index is 6.02. The molecule has 0 bridgehead atoms. The van der Waals surface area contributed by atoms with Crippen molar-refractivity contribution in [1.82, 2.24) is 10.1 Å². The van der Waals surface area contributed by atoms with Gasteiger partial charge >= 0.3 is 0 Å². The Hall–Kier alpha value is -1.59. The Bertz CT molecular complexity index is 697. The molecule has 5 nitrogen and oxygen atoms in total. The van der Waals surface area contributed by atoms with Crippen molar-refractivity contribution in [2.75, 3.05) is 37.6 Å². The van der Waals surface area contributed by atoms with Gasteiger partial charge in [-0.3, -0.25) is 4.90 Å². The number of aromatic nitrogens is 1. The molecule has 1 aliphatic heterocycles. The molecule has 1 saturated heterocycles. The molecule has 0 amide bonds. The lowest BCUT2D eigenvalue weighted by molar-refractivity contribution is 0.216. The molecule has 1 aliphatic carbocycles. The molecule has 25 heavy (non-hydrogen) atoms. The molecule has 5 heteroatoms. The van der Waals surface area contributed by atoms with Crippen molar-refractivity contribution in [1.29, 1.82) is 0 Å². The highest BCUT2D eigenvalue weighted by molar-refractivity contribution is 5.89. The summed E-state index contributed by atoms with van der Waals surface area (Å²) in [5, 5.41) is 5.48. The van der Waals surface area contributed by atoms with E-state index in [0.717, 1.165) is 48.9 Å². The normalized spacial score (nSPS) is 25.6. The monoisotopic (exact) mass is 342 g/mol. The van der Waals surface area contributed by atoms with Gasteiger partial charge in [0.2, 0.25) is 0 Å². The number of fused-ring (bicyclic) bond motifs is 1. The van der Waals surface area contributed by atoms with E-state index in [1.165, 1.54) is 44.2 Å². The van der Waals surface area contributed by atoms with Gasteiger partial charge in [-0.15, -0.1) is 0 Å². The molecular weight excluding hydrogens is 312 g/mol. The smallest absolute Gasteiger partial charge is 0.180 e. The van der Waals surface area contributed by atoms with E-state index in [1.807, 2.05) is 6.07 Å². The average molecular weight is 342 g/mol. The fourth-order valence-electron chi connectivity index (χ4n) is 4.29. The van der Waals surface area contributed by atoms with E-state index in [2.05, 4.69) is 34.0 Å². The molecule has 136 valence electrons. The minimum Gasteiger partial charge on any atom is -0.354 e. The summed E-state index contributed by atoms with van der Waals surface area (Å²) < 4.78 is 5.50. The van der Waals surface area contributed by atoms with Crippen molar-refractivity contribution >= 4 is 16.8 Å². The standard InChI is InChI=1S/C20H30N4O/c1-15-2-7-19-18(14-15)20(22-25-19)24-12-10-23(11-13-24)9-8-16-3-5-17(21)6-4-16/h2,7,14,16-17H,3-6,8-13,21H2,1H3/t16-,17-. The van der Waals surface area contributed by atoms with E-state index >= 15 is 0 Å². The lowest BCUT2D eigenvalue weighted by Crippen LogP contribution is -2.47. The Labute approximate surface area is 150 Å². The van der Waals surface area contributed by atoms with E-state index in [0.29, 0.717) is 6.04 Å². The second-order valence-corrected chi connectivity index (χ2v) is 7.90. The number of aryl methyl sites for hydroxylation is 1. The molecule has 1 aromatic carbocycles. The molecule has 2 heterocycles. The van der Waals surface area contributed by atoms with Gasteiger partial charge in [-0.25, -0.2) is 0 Å². The molecule has 0 radical (unpaired) electrons. The minimum atomic E-state index is 0.459. The van der Waals surface area contributed by atoms with Crippen LogP contribution in [-0.4, -0.2) is 48.8 Å². The van der Waals surface area contributed by atoms with E-state index < -0.39 is 0 Å². The van der Waals surface area contributed by atoms with Crippen molar-refractivity contribution in [3.8, 4) is 0 Å². The van der Waals surface area contributed by atoms with Crippen LogP contribution in [0.3, 0.4) is 0 Å².